The van der Waals surface area contributed by atoms with Crippen LogP contribution < -0.4 is 4.90 Å². The first-order chi connectivity index (χ1) is 16.4. The molecule has 34 heavy (non-hydrogen) atoms. The lowest BCUT2D eigenvalue weighted by Crippen LogP contribution is -2.54. The van der Waals surface area contributed by atoms with Crippen molar-refractivity contribution in [3.05, 3.63) is 48.0 Å². The Morgan fingerprint density at radius 2 is 1.71 bits per heavy atom. The number of anilines is 1. The summed E-state index contributed by atoms with van der Waals surface area (Å²) in [6, 6.07) is 11.7. The second-order valence-electron chi connectivity index (χ2n) is 8.58. The van der Waals surface area contributed by atoms with Crippen molar-refractivity contribution in [1.82, 2.24) is 18.0 Å². The second kappa shape index (κ2) is 9.05. The molecule has 3 heterocycles. The Labute approximate surface area is 202 Å². The van der Waals surface area contributed by atoms with Crippen LogP contribution in [0.5, 0.6) is 0 Å². The number of ketones is 1. The van der Waals surface area contributed by atoms with Gasteiger partial charge in [-0.25, -0.2) is 8.42 Å². The summed E-state index contributed by atoms with van der Waals surface area (Å²) in [6.07, 6.45) is 1.15. The van der Waals surface area contributed by atoms with E-state index in [1.807, 2.05) is 24.3 Å². The molecule has 178 valence electrons. The van der Waals surface area contributed by atoms with Crippen LogP contribution >= 0.6 is 11.7 Å². The van der Waals surface area contributed by atoms with Crippen LogP contribution in [0.3, 0.4) is 0 Å². The lowest BCUT2D eigenvalue weighted by atomic mass is 10.1. The van der Waals surface area contributed by atoms with E-state index in [-0.39, 0.29) is 16.6 Å². The Kier molecular flexibility index (Phi) is 6.09. The predicted molar refractivity (Wildman–Crippen MR) is 130 cm³/mol. The second-order valence-corrected chi connectivity index (χ2v) is 11.0. The van der Waals surface area contributed by atoms with Crippen LogP contribution in [-0.2, 0) is 14.8 Å². The van der Waals surface area contributed by atoms with Gasteiger partial charge in [-0.3, -0.25) is 9.59 Å². The minimum atomic E-state index is -3.88. The van der Waals surface area contributed by atoms with E-state index < -0.39 is 16.1 Å². The molecule has 0 unspecified atom stereocenters. The van der Waals surface area contributed by atoms with Crippen molar-refractivity contribution < 1.29 is 18.0 Å². The zero-order valence-corrected chi connectivity index (χ0v) is 20.4. The summed E-state index contributed by atoms with van der Waals surface area (Å²) in [6.45, 7) is 4.19. The van der Waals surface area contributed by atoms with Crippen LogP contribution in [-0.4, -0.2) is 76.8 Å². The smallest absolute Gasteiger partial charge is 0.246 e. The largest absolute Gasteiger partial charge is 0.368 e. The Morgan fingerprint density at radius 3 is 2.41 bits per heavy atom. The van der Waals surface area contributed by atoms with Crippen LogP contribution in [0.2, 0.25) is 0 Å². The summed E-state index contributed by atoms with van der Waals surface area (Å²) < 4.78 is 36.7. The first-order valence-corrected chi connectivity index (χ1v) is 13.4. The topological polar surface area (TPSA) is 104 Å². The number of carbonyl (C=O) groups excluding carboxylic acids is 2. The number of carbonyl (C=O) groups is 2. The van der Waals surface area contributed by atoms with E-state index in [4.69, 9.17) is 0 Å². The van der Waals surface area contributed by atoms with Gasteiger partial charge in [-0.2, -0.15) is 13.1 Å². The highest BCUT2D eigenvalue weighted by atomic mass is 32.2. The highest BCUT2D eigenvalue weighted by Gasteiger charge is 2.42. The van der Waals surface area contributed by atoms with Crippen molar-refractivity contribution >= 4 is 50.2 Å². The number of aromatic nitrogens is 2. The average molecular weight is 500 g/mol. The first kappa shape index (κ1) is 22.9. The van der Waals surface area contributed by atoms with Crippen molar-refractivity contribution in [1.29, 1.82) is 0 Å². The summed E-state index contributed by atoms with van der Waals surface area (Å²) in [4.78, 5) is 29.0. The molecule has 0 N–H and O–H groups in total. The van der Waals surface area contributed by atoms with Crippen molar-refractivity contribution in [3.63, 3.8) is 0 Å². The lowest BCUT2D eigenvalue weighted by Gasteiger charge is -2.38. The predicted octanol–water partition coefficient (Wildman–Crippen LogP) is 2.40. The van der Waals surface area contributed by atoms with Gasteiger partial charge in [0.15, 0.2) is 5.78 Å². The molecule has 1 aromatic heterocycles. The fourth-order valence-electron chi connectivity index (χ4n) is 4.69. The maximum absolute atomic E-state index is 13.5. The third-order valence-electron chi connectivity index (χ3n) is 6.55. The molecule has 2 fully saturated rings. The molecule has 0 radical (unpaired) electrons. The number of amides is 1. The molecule has 0 bridgehead atoms. The van der Waals surface area contributed by atoms with E-state index in [1.54, 1.807) is 24.0 Å². The molecule has 1 amide bonds. The average Bonchev–Trinajstić information content (AvgIpc) is 3.54. The molecule has 2 saturated heterocycles. The summed E-state index contributed by atoms with van der Waals surface area (Å²) in [5.41, 5.74) is 2.58. The van der Waals surface area contributed by atoms with Gasteiger partial charge in [0.05, 0.1) is 11.7 Å². The van der Waals surface area contributed by atoms with Gasteiger partial charge in [0.1, 0.15) is 22.0 Å². The van der Waals surface area contributed by atoms with Crippen LogP contribution in [0.25, 0.3) is 11.0 Å². The normalized spacial score (nSPS) is 19.6. The third-order valence-corrected chi connectivity index (χ3v) is 9.04. The molecule has 2 aromatic carbocycles. The van der Waals surface area contributed by atoms with E-state index in [9.17, 15) is 18.0 Å². The van der Waals surface area contributed by atoms with E-state index in [1.165, 1.54) is 10.4 Å². The SMILES string of the molecule is CC(=O)c1ccc(N2CCN(C(=O)[C@@H]3CCCN3S(=O)(=O)c3cccc4nsnc34)CC2)cc1. The van der Waals surface area contributed by atoms with Crippen LogP contribution in [0.4, 0.5) is 5.69 Å². The van der Waals surface area contributed by atoms with Crippen LogP contribution in [0, 0.1) is 0 Å². The number of benzene rings is 2. The van der Waals surface area contributed by atoms with Crippen LogP contribution in [0.15, 0.2) is 47.4 Å². The zero-order valence-electron chi connectivity index (χ0n) is 18.8. The molecule has 2 aliphatic rings. The summed E-state index contributed by atoms with van der Waals surface area (Å²) in [5, 5.41) is 0. The molecule has 3 aromatic rings. The molecule has 2 aliphatic heterocycles. The molecular formula is C23H25N5O4S2. The maximum Gasteiger partial charge on any atom is 0.246 e. The minimum absolute atomic E-state index is 0.0281. The van der Waals surface area contributed by atoms with E-state index in [2.05, 4.69) is 13.6 Å². The summed E-state index contributed by atoms with van der Waals surface area (Å²) in [7, 11) is -3.88. The van der Waals surface area contributed by atoms with E-state index >= 15 is 0 Å². The molecule has 5 rings (SSSR count). The minimum Gasteiger partial charge on any atom is -0.368 e. The van der Waals surface area contributed by atoms with E-state index in [0.717, 1.165) is 17.4 Å². The Morgan fingerprint density at radius 1 is 0.971 bits per heavy atom. The maximum atomic E-state index is 13.5. The number of rotatable bonds is 5. The molecular weight excluding hydrogens is 474 g/mol. The van der Waals surface area contributed by atoms with E-state index in [0.29, 0.717) is 62.2 Å². The van der Waals surface area contributed by atoms with Gasteiger partial charge in [-0.1, -0.05) is 6.07 Å². The molecule has 0 saturated carbocycles. The summed E-state index contributed by atoms with van der Waals surface area (Å²) in [5.74, 6) is -0.114. The number of piperazine rings is 1. The fraction of sp³-hybridized carbons (Fsp3) is 0.391. The monoisotopic (exact) mass is 499 g/mol. The molecule has 0 spiro atoms. The third kappa shape index (κ3) is 4.08. The molecule has 9 nitrogen and oxygen atoms in total. The Bertz CT molecular complexity index is 1330. The van der Waals surface area contributed by atoms with Gasteiger partial charge in [0.25, 0.3) is 0 Å². The number of hydrogen-bond acceptors (Lipinski definition) is 8. The number of nitrogens with zero attached hydrogens (tertiary/aromatic N) is 5. The standard InChI is InChI=1S/C23H25N5O4S2/c1-16(29)17-7-9-18(10-8-17)26-12-14-27(15-13-26)23(30)20-5-3-11-28(20)34(31,32)21-6-2-4-19-22(21)25-33-24-19/h2,4,6-10,20H,3,5,11-15H2,1H3/t20-/m0/s1. The van der Waals surface area contributed by atoms with Gasteiger partial charge in [0.2, 0.25) is 15.9 Å². The molecule has 11 heteroatoms. The fourth-order valence-corrected chi connectivity index (χ4v) is 7.10. The number of fused-ring (bicyclic) bond motifs is 1. The zero-order chi connectivity index (χ0) is 23.9. The van der Waals surface area contributed by atoms with Crippen molar-refractivity contribution in [2.45, 2.75) is 30.7 Å². The number of hydrogen-bond donors (Lipinski definition) is 0. The van der Waals surface area contributed by atoms with Gasteiger partial charge < -0.3 is 9.80 Å². The highest BCUT2D eigenvalue weighted by Crippen LogP contribution is 2.31. The molecule has 0 aliphatic carbocycles. The highest BCUT2D eigenvalue weighted by molar-refractivity contribution is 7.89. The van der Waals surface area contributed by atoms with Gasteiger partial charge in [-0.05, 0) is 56.2 Å². The Hall–Kier alpha value is -2.89. The summed E-state index contributed by atoms with van der Waals surface area (Å²) >= 11 is 0.976. The molecule has 1 atom stereocenters. The van der Waals surface area contributed by atoms with Crippen molar-refractivity contribution in [2.24, 2.45) is 0 Å². The lowest BCUT2D eigenvalue weighted by molar-refractivity contribution is -0.134. The number of Topliss-reactive ketones (excluding diaryl/α,β-unsaturated/α-hetero) is 1. The van der Waals surface area contributed by atoms with Crippen molar-refractivity contribution in [2.75, 3.05) is 37.6 Å². The van der Waals surface area contributed by atoms with Gasteiger partial charge >= 0.3 is 0 Å². The van der Waals surface area contributed by atoms with Gasteiger partial charge in [-0.15, -0.1) is 0 Å². The number of sulfonamides is 1. The Balaban J connectivity index is 1.29. The van der Waals surface area contributed by atoms with Crippen molar-refractivity contribution in [3.8, 4) is 0 Å². The first-order valence-electron chi connectivity index (χ1n) is 11.2. The van der Waals surface area contributed by atoms with Crippen LogP contribution in [0.1, 0.15) is 30.1 Å². The van der Waals surface area contributed by atoms with Gasteiger partial charge in [0, 0.05) is 44.0 Å². The quantitative estimate of drug-likeness (QED) is 0.497.